The lowest BCUT2D eigenvalue weighted by molar-refractivity contribution is 0.00501. The molecule has 1 fully saturated rings. The summed E-state index contributed by atoms with van der Waals surface area (Å²) in [6.07, 6.45) is 8.06. The van der Waals surface area contributed by atoms with E-state index >= 15 is 0 Å². The smallest absolute Gasteiger partial charge is 0.0590 e. The molecule has 14 heavy (non-hydrogen) atoms. The minimum Gasteiger partial charge on any atom is -0.378 e. The highest BCUT2D eigenvalue weighted by molar-refractivity contribution is 4.73. The van der Waals surface area contributed by atoms with Gasteiger partial charge in [-0.2, -0.15) is 0 Å². The van der Waals surface area contributed by atoms with E-state index < -0.39 is 0 Å². The van der Waals surface area contributed by atoms with E-state index in [1.54, 1.807) is 0 Å². The van der Waals surface area contributed by atoms with Crippen molar-refractivity contribution in [1.82, 2.24) is 5.32 Å². The topological polar surface area (TPSA) is 21.3 Å². The molecule has 1 heterocycles. The zero-order valence-electron chi connectivity index (χ0n) is 9.72. The van der Waals surface area contributed by atoms with Crippen LogP contribution in [-0.2, 0) is 4.74 Å². The average Bonchev–Trinajstić information content (AvgIpc) is 2.25. The third-order valence-corrected chi connectivity index (χ3v) is 3.00. The van der Waals surface area contributed by atoms with E-state index in [9.17, 15) is 0 Å². The number of ether oxygens (including phenoxy) is 1. The van der Waals surface area contributed by atoms with E-state index in [1.807, 2.05) is 0 Å². The summed E-state index contributed by atoms with van der Waals surface area (Å²) in [4.78, 5) is 0. The Morgan fingerprint density at radius 2 is 2.21 bits per heavy atom. The Hall–Kier alpha value is -0.0800. The molecule has 0 amide bonds. The molecule has 0 aromatic carbocycles. The van der Waals surface area contributed by atoms with E-state index in [0.717, 1.165) is 13.2 Å². The fraction of sp³-hybridized carbons (Fsp3) is 1.00. The van der Waals surface area contributed by atoms with Gasteiger partial charge in [-0.3, -0.25) is 0 Å². The molecule has 1 N–H and O–H groups in total. The molecule has 2 heteroatoms. The maximum absolute atomic E-state index is 5.75. The minimum atomic E-state index is 0.526. The van der Waals surface area contributed by atoms with Gasteiger partial charge < -0.3 is 10.1 Å². The predicted molar refractivity (Wildman–Crippen MR) is 60.6 cm³/mol. The van der Waals surface area contributed by atoms with Crippen molar-refractivity contribution in [3.05, 3.63) is 0 Å². The van der Waals surface area contributed by atoms with Crippen molar-refractivity contribution in [2.45, 2.75) is 64.5 Å². The molecule has 2 atom stereocenters. The third kappa shape index (κ3) is 4.43. The highest BCUT2D eigenvalue weighted by Crippen LogP contribution is 2.17. The average molecular weight is 199 g/mol. The van der Waals surface area contributed by atoms with E-state index in [2.05, 4.69) is 19.2 Å². The second kappa shape index (κ2) is 7.24. The Bertz CT molecular complexity index is 132. The van der Waals surface area contributed by atoms with Gasteiger partial charge in [-0.15, -0.1) is 0 Å². The molecule has 0 aromatic rings. The predicted octanol–water partition coefficient (Wildman–Crippen LogP) is 2.72. The van der Waals surface area contributed by atoms with Crippen LogP contribution in [0, 0.1) is 0 Å². The summed E-state index contributed by atoms with van der Waals surface area (Å²) in [7, 11) is 0. The first-order chi connectivity index (χ1) is 6.86. The minimum absolute atomic E-state index is 0.526. The summed E-state index contributed by atoms with van der Waals surface area (Å²) < 4.78 is 5.75. The molecule has 2 unspecified atom stereocenters. The van der Waals surface area contributed by atoms with Gasteiger partial charge in [0.15, 0.2) is 0 Å². The summed E-state index contributed by atoms with van der Waals surface area (Å²) >= 11 is 0. The molecule has 1 aliphatic heterocycles. The largest absolute Gasteiger partial charge is 0.378 e. The van der Waals surface area contributed by atoms with Gasteiger partial charge in [0.1, 0.15) is 0 Å². The molecule has 0 spiro atoms. The van der Waals surface area contributed by atoms with Gasteiger partial charge in [-0.25, -0.2) is 0 Å². The Labute approximate surface area is 88.4 Å². The molecule has 1 aliphatic rings. The molecule has 2 nitrogen and oxygen atoms in total. The summed E-state index contributed by atoms with van der Waals surface area (Å²) in [5.74, 6) is 0. The Kier molecular flexibility index (Phi) is 6.20. The SMILES string of the molecule is CCCNC(CC)CC1CCCCO1. The van der Waals surface area contributed by atoms with Crippen molar-refractivity contribution in [3.63, 3.8) is 0 Å². The molecule has 0 saturated carbocycles. The van der Waals surface area contributed by atoms with Crippen molar-refractivity contribution in [2.75, 3.05) is 13.2 Å². The van der Waals surface area contributed by atoms with E-state index in [1.165, 1.54) is 38.5 Å². The molecular weight excluding hydrogens is 174 g/mol. The van der Waals surface area contributed by atoms with Gasteiger partial charge in [0.05, 0.1) is 6.10 Å². The molecule has 0 aromatic heterocycles. The normalized spacial score (nSPS) is 24.9. The lowest BCUT2D eigenvalue weighted by Gasteiger charge is -2.27. The Balaban J connectivity index is 2.16. The molecule has 0 radical (unpaired) electrons. The van der Waals surface area contributed by atoms with Crippen LogP contribution in [0.5, 0.6) is 0 Å². The second-order valence-corrected chi connectivity index (χ2v) is 4.28. The molecule has 1 saturated heterocycles. The van der Waals surface area contributed by atoms with Crippen LogP contribution in [0.1, 0.15) is 52.4 Å². The third-order valence-electron chi connectivity index (χ3n) is 3.00. The number of hydrogen-bond donors (Lipinski definition) is 1. The van der Waals surface area contributed by atoms with Gasteiger partial charge >= 0.3 is 0 Å². The van der Waals surface area contributed by atoms with Crippen LogP contribution in [0.2, 0.25) is 0 Å². The molecule has 1 rings (SSSR count). The van der Waals surface area contributed by atoms with Gasteiger partial charge in [-0.1, -0.05) is 13.8 Å². The maximum Gasteiger partial charge on any atom is 0.0590 e. The molecular formula is C12H25NO. The van der Waals surface area contributed by atoms with Crippen LogP contribution < -0.4 is 5.32 Å². The summed E-state index contributed by atoms with van der Waals surface area (Å²) in [6.45, 7) is 6.60. The lowest BCUT2D eigenvalue weighted by atomic mass is 10.0. The first kappa shape index (κ1) is 12.0. The number of rotatable bonds is 6. The number of nitrogens with one attached hydrogen (secondary N) is 1. The van der Waals surface area contributed by atoms with Crippen molar-refractivity contribution >= 4 is 0 Å². The summed E-state index contributed by atoms with van der Waals surface area (Å²) in [6, 6.07) is 0.665. The van der Waals surface area contributed by atoms with Crippen LogP contribution in [0.25, 0.3) is 0 Å². The van der Waals surface area contributed by atoms with E-state index in [-0.39, 0.29) is 0 Å². The molecule has 84 valence electrons. The summed E-state index contributed by atoms with van der Waals surface area (Å²) in [5, 5.41) is 3.59. The van der Waals surface area contributed by atoms with Crippen LogP contribution >= 0.6 is 0 Å². The van der Waals surface area contributed by atoms with Crippen molar-refractivity contribution in [3.8, 4) is 0 Å². The zero-order valence-corrected chi connectivity index (χ0v) is 9.72. The first-order valence-electron chi connectivity index (χ1n) is 6.21. The standard InChI is InChI=1S/C12H25NO/c1-3-8-13-11(4-2)10-12-7-5-6-9-14-12/h11-13H,3-10H2,1-2H3. The van der Waals surface area contributed by atoms with Crippen LogP contribution in [-0.4, -0.2) is 25.3 Å². The fourth-order valence-electron chi connectivity index (χ4n) is 2.05. The zero-order chi connectivity index (χ0) is 10.2. The highest BCUT2D eigenvalue weighted by atomic mass is 16.5. The van der Waals surface area contributed by atoms with Gasteiger partial charge in [0, 0.05) is 12.6 Å². The number of hydrogen-bond acceptors (Lipinski definition) is 2. The lowest BCUT2D eigenvalue weighted by Crippen LogP contribution is -2.34. The molecule has 0 aliphatic carbocycles. The van der Waals surface area contributed by atoms with Crippen molar-refractivity contribution in [2.24, 2.45) is 0 Å². The first-order valence-corrected chi connectivity index (χ1v) is 6.21. The highest BCUT2D eigenvalue weighted by Gasteiger charge is 2.17. The molecule has 0 bridgehead atoms. The van der Waals surface area contributed by atoms with Crippen LogP contribution in [0.3, 0.4) is 0 Å². The fourth-order valence-corrected chi connectivity index (χ4v) is 2.05. The maximum atomic E-state index is 5.75. The van der Waals surface area contributed by atoms with E-state index in [4.69, 9.17) is 4.74 Å². The quantitative estimate of drug-likeness (QED) is 0.710. The van der Waals surface area contributed by atoms with Crippen LogP contribution in [0.15, 0.2) is 0 Å². The van der Waals surface area contributed by atoms with Crippen molar-refractivity contribution < 1.29 is 4.74 Å². The van der Waals surface area contributed by atoms with Gasteiger partial charge in [0.2, 0.25) is 0 Å². The van der Waals surface area contributed by atoms with E-state index in [0.29, 0.717) is 12.1 Å². The van der Waals surface area contributed by atoms with Gasteiger partial charge in [0.25, 0.3) is 0 Å². The Morgan fingerprint density at radius 1 is 1.36 bits per heavy atom. The Morgan fingerprint density at radius 3 is 2.79 bits per heavy atom. The summed E-state index contributed by atoms with van der Waals surface area (Å²) in [5.41, 5.74) is 0. The second-order valence-electron chi connectivity index (χ2n) is 4.28. The monoisotopic (exact) mass is 199 g/mol. The van der Waals surface area contributed by atoms with Crippen molar-refractivity contribution in [1.29, 1.82) is 0 Å². The van der Waals surface area contributed by atoms with Crippen LogP contribution in [0.4, 0.5) is 0 Å². The van der Waals surface area contributed by atoms with Gasteiger partial charge in [-0.05, 0) is 45.1 Å².